The number of methoxy groups -OCH3 is 3. The van der Waals surface area contributed by atoms with E-state index >= 15 is 0 Å². The summed E-state index contributed by atoms with van der Waals surface area (Å²) < 4.78 is 15.9. The van der Waals surface area contributed by atoms with E-state index < -0.39 is 6.04 Å². The van der Waals surface area contributed by atoms with Crippen LogP contribution in [-0.2, 0) is 11.3 Å². The minimum absolute atomic E-state index is 0. The lowest BCUT2D eigenvalue weighted by Crippen LogP contribution is -2.33. The van der Waals surface area contributed by atoms with Gasteiger partial charge in [0, 0.05) is 18.2 Å². The van der Waals surface area contributed by atoms with Crippen LogP contribution < -0.4 is 25.3 Å². The van der Waals surface area contributed by atoms with E-state index in [4.69, 9.17) is 19.9 Å². The molecule has 0 fully saturated rings. The van der Waals surface area contributed by atoms with E-state index in [1.165, 1.54) is 0 Å². The van der Waals surface area contributed by atoms with Gasteiger partial charge < -0.3 is 25.3 Å². The second-order valence-electron chi connectivity index (χ2n) is 5.13. The van der Waals surface area contributed by atoms with Crippen molar-refractivity contribution in [3.05, 3.63) is 53.6 Å². The first-order valence-corrected chi connectivity index (χ1v) is 7.47. The molecular formula is C18H23ClN2O4. The number of hydrogen-bond donors (Lipinski definition) is 2. The molecule has 1 amide bonds. The zero-order valence-corrected chi connectivity index (χ0v) is 15.3. The van der Waals surface area contributed by atoms with Gasteiger partial charge in [0.1, 0.15) is 11.8 Å². The molecule has 0 bridgehead atoms. The second kappa shape index (κ2) is 9.76. The molecule has 1 unspecified atom stereocenters. The van der Waals surface area contributed by atoms with Crippen LogP contribution in [0, 0.1) is 0 Å². The zero-order chi connectivity index (χ0) is 17.5. The van der Waals surface area contributed by atoms with Gasteiger partial charge in [-0.2, -0.15) is 0 Å². The number of carbonyl (C=O) groups excluding carboxylic acids is 1. The molecule has 0 saturated carbocycles. The predicted molar refractivity (Wildman–Crippen MR) is 98.6 cm³/mol. The number of halogens is 1. The summed E-state index contributed by atoms with van der Waals surface area (Å²) in [4.78, 5) is 12.3. The summed E-state index contributed by atoms with van der Waals surface area (Å²) in [5, 5.41) is 2.82. The maximum Gasteiger partial charge on any atom is 0.241 e. The highest BCUT2D eigenvalue weighted by atomic mass is 35.5. The molecule has 0 aliphatic rings. The smallest absolute Gasteiger partial charge is 0.241 e. The molecule has 0 spiro atoms. The van der Waals surface area contributed by atoms with E-state index in [9.17, 15) is 4.79 Å². The number of amides is 1. The summed E-state index contributed by atoms with van der Waals surface area (Å²) in [6.07, 6.45) is 0. The van der Waals surface area contributed by atoms with Crippen LogP contribution in [0.1, 0.15) is 17.2 Å². The Balaban J connectivity index is 0.00000312. The van der Waals surface area contributed by atoms with Crippen molar-refractivity contribution < 1.29 is 19.0 Å². The molecule has 2 rings (SSSR count). The first-order chi connectivity index (χ1) is 11.6. The summed E-state index contributed by atoms with van der Waals surface area (Å²) in [5.74, 6) is 1.46. The normalized spacial score (nSPS) is 11.0. The van der Waals surface area contributed by atoms with Crippen LogP contribution in [0.2, 0.25) is 0 Å². The molecule has 0 saturated heterocycles. The Morgan fingerprint density at radius 3 is 2.12 bits per heavy atom. The van der Waals surface area contributed by atoms with Crippen molar-refractivity contribution in [3.8, 4) is 17.2 Å². The average molecular weight is 367 g/mol. The summed E-state index contributed by atoms with van der Waals surface area (Å²) in [7, 11) is 4.66. The number of nitrogens with one attached hydrogen (secondary N) is 1. The van der Waals surface area contributed by atoms with Crippen molar-refractivity contribution in [3.63, 3.8) is 0 Å². The standard InChI is InChI=1S/C18H22N2O4.ClH/c1-22-14-10-16(24-3)15(23-2)9-13(14)11-20-18(21)17(19)12-7-5-4-6-8-12;/h4-10,17H,11,19H2,1-3H3,(H,20,21);1H. The first kappa shape index (κ1) is 20.6. The highest BCUT2D eigenvalue weighted by Crippen LogP contribution is 2.34. The Morgan fingerprint density at radius 2 is 1.56 bits per heavy atom. The van der Waals surface area contributed by atoms with Gasteiger partial charge in [0.15, 0.2) is 11.5 Å². The molecule has 136 valence electrons. The highest BCUT2D eigenvalue weighted by molar-refractivity contribution is 5.85. The average Bonchev–Trinajstić information content (AvgIpc) is 2.65. The van der Waals surface area contributed by atoms with Gasteiger partial charge in [-0.3, -0.25) is 4.79 Å². The molecule has 0 radical (unpaired) electrons. The molecule has 3 N–H and O–H groups in total. The van der Waals surface area contributed by atoms with Crippen molar-refractivity contribution in [1.29, 1.82) is 0 Å². The Morgan fingerprint density at radius 1 is 1.00 bits per heavy atom. The Hall–Kier alpha value is -2.44. The SMILES string of the molecule is COc1cc(OC)c(OC)cc1CNC(=O)C(N)c1ccccc1.Cl. The second-order valence-corrected chi connectivity index (χ2v) is 5.13. The third-order valence-corrected chi connectivity index (χ3v) is 3.68. The van der Waals surface area contributed by atoms with E-state index in [1.54, 1.807) is 33.5 Å². The van der Waals surface area contributed by atoms with Crippen LogP contribution in [0.25, 0.3) is 0 Å². The van der Waals surface area contributed by atoms with Crippen molar-refractivity contribution in [2.75, 3.05) is 21.3 Å². The monoisotopic (exact) mass is 366 g/mol. The largest absolute Gasteiger partial charge is 0.496 e. The molecule has 0 aromatic heterocycles. The molecule has 25 heavy (non-hydrogen) atoms. The van der Waals surface area contributed by atoms with Gasteiger partial charge in [-0.25, -0.2) is 0 Å². The maximum absolute atomic E-state index is 12.3. The topological polar surface area (TPSA) is 82.8 Å². The molecule has 7 heteroatoms. The van der Waals surface area contributed by atoms with Crippen LogP contribution >= 0.6 is 12.4 Å². The molecule has 0 aliphatic carbocycles. The van der Waals surface area contributed by atoms with Crippen LogP contribution in [0.15, 0.2) is 42.5 Å². The lowest BCUT2D eigenvalue weighted by molar-refractivity contribution is -0.122. The predicted octanol–water partition coefficient (Wildman–Crippen LogP) is 2.45. The van der Waals surface area contributed by atoms with E-state index in [2.05, 4.69) is 5.32 Å². The highest BCUT2D eigenvalue weighted by Gasteiger charge is 2.17. The van der Waals surface area contributed by atoms with Gasteiger partial charge >= 0.3 is 0 Å². The van der Waals surface area contributed by atoms with Crippen LogP contribution in [0.4, 0.5) is 0 Å². The number of benzene rings is 2. The molecule has 0 aliphatic heterocycles. The van der Waals surface area contributed by atoms with Crippen molar-refractivity contribution in [2.24, 2.45) is 5.73 Å². The molecule has 1 atom stereocenters. The van der Waals surface area contributed by atoms with E-state index in [1.807, 2.05) is 30.3 Å². The van der Waals surface area contributed by atoms with E-state index in [0.717, 1.165) is 11.1 Å². The lowest BCUT2D eigenvalue weighted by Gasteiger charge is -2.16. The van der Waals surface area contributed by atoms with Gasteiger partial charge in [0.25, 0.3) is 0 Å². The summed E-state index contributed by atoms with van der Waals surface area (Å²) >= 11 is 0. The third-order valence-electron chi connectivity index (χ3n) is 3.68. The van der Waals surface area contributed by atoms with Crippen LogP contribution in [-0.4, -0.2) is 27.2 Å². The fourth-order valence-electron chi connectivity index (χ4n) is 2.33. The molecule has 6 nitrogen and oxygen atoms in total. The van der Waals surface area contributed by atoms with Gasteiger partial charge in [0.05, 0.1) is 21.3 Å². The first-order valence-electron chi connectivity index (χ1n) is 7.47. The molecular weight excluding hydrogens is 344 g/mol. The summed E-state index contributed by atoms with van der Waals surface area (Å²) in [6, 6.07) is 12.0. The van der Waals surface area contributed by atoms with E-state index in [0.29, 0.717) is 17.2 Å². The number of rotatable bonds is 7. The number of ether oxygens (including phenoxy) is 3. The summed E-state index contributed by atoms with van der Waals surface area (Å²) in [5.41, 5.74) is 7.51. The molecule has 2 aromatic carbocycles. The minimum atomic E-state index is -0.725. The van der Waals surface area contributed by atoms with Crippen LogP contribution in [0.5, 0.6) is 17.2 Å². The molecule has 2 aromatic rings. The maximum atomic E-state index is 12.3. The lowest BCUT2D eigenvalue weighted by atomic mass is 10.1. The van der Waals surface area contributed by atoms with Crippen molar-refractivity contribution in [2.45, 2.75) is 12.6 Å². The number of carbonyl (C=O) groups is 1. The fraction of sp³-hybridized carbons (Fsp3) is 0.278. The third kappa shape index (κ3) is 5.01. The van der Waals surface area contributed by atoms with Crippen molar-refractivity contribution in [1.82, 2.24) is 5.32 Å². The molecule has 0 heterocycles. The van der Waals surface area contributed by atoms with E-state index in [-0.39, 0.29) is 24.9 Å². The van der Waals surface area contributed by atoms with Gasteiger partial charge in [-0.05, 0) is 11.6 Å². The van der Waals surface area contributed by atoms with Crippen molar-refractivity contribution >= 4 is 18.3 Å². The van der Waals surface area contributed by atoms with Crippen LogP contribution in [0.3, 0.4) is 0 Å². The van der Waals surface area contributed by atoms with Gasteiger partial charge in [-0.15, -0.1) is 12.4 Å². The zero-order valence-electron chi connectivity index (χ0n) is 14.4. The minimum Gasteiger partial charge on any atom is -0.496 e. The number of nitrogens with two attached hydrogens (primary N) is 1. The quantitative estimate of drug-likeness (QED) is 0.786. The van der Waals surface area contributed by atoms with Gasteiger partial charge in [0.2, 0.25) is 5.91 Å². The Kier molecular flexibility index (Phi) is 8.04. The Labute approximate surface area is 153 Å². The number of hydrogen-bond acceptors (Lipinski definition) is 5. The Bertz CT molecular complexity index is 695. The fourth-order valence-corrected chi connectivity index (χ4v) is 2.33. The van der Waals surface area contributed by atoms with Gasteiger partial charge in [-0.1, -0.05) is 30.3 Å². The summed E-state index contributed by atoms with van der Waals surface area (Å²) in [6.45, 7) is 0.267.